The molecule has 130 valence electrons. The van der Waals surface area contributed by atoms with Crippen molar-refractivity contribution >= 4 is 0 Å². The van der Waals surface area contributed by atoms with Crippen LogP contribution in [0.5, 0.6) is 0 Å². The maximum atomic E-state index is 6.28. The number of hydrogen-bond acceptors (Lipinski definition) is 2. The molecule has 0 radical (unpaired) electrons. The average molecular weight is 325 g/mol. The minimum Gasteiger partial charge on any atom is -0.329 e. The van der Waals surface area contributed by atoms with Gasteiger partial charge in [0.25, 0.3) is 0 Å². The molecule has 0 spiro atoms. The first-order valence-electron chi connectivity index (χ1n) is 8.85. The number of rotatable bonds is 7. The molecule has 0 amide bonds. The Hall–Kier alpha value is -1.64. The Kier molecular flexibility index (Phi) is 6.20. The van der Waals surface area contributed by atoms with E-state index < -0.39 is 0 Å². The summed E-state index contributed by atoms with van der Waals surface area (Å²) in [5.41, 5.74) is 9.15. The average Bonchev–Trinajstić information content (AvgIpc) is 2.54. The summed E-state index contributed by atoms with van der Waals surface area (Å²) in [6, 6.07) is 21.4. The summed E-state index contributed by atoms with van der Waals surface area (Å²) in [4.78, 5) is 2.54. The van der Waals surface area contributed by atoms with Gasteiger partial charge in [0.2, 0.25) is 0 Å². The Morgan fingerprint density at radius 3 is 1.50 bits per heavy atom. The zero-order valence-corrected chi connectivity index (χ0v) is 15.6. The molecule has 0 aliphatic carbocycles. The van der Waals surface area contributed by atoms with Crippen molar-refractivity contribution in [3.05, 3.63) is 71.8 Å². The van der Waals surface area contributed by atoms with Gasteiger partial charge in [-0.2, -0.15) is 0 Å². The maximum absolute atomic E-state index is 6.28. The van der Waals surface area contributed by atoms with Crippen LogP contribution in [0, 0.1) is 5.41 Å². The molecule has 1 atom stereocenters. The van der Waals surface area contributed by atoms with Crippen molar-refractivity contribution in [2.45, 2.75) is 52.7 Å². The first-order valence-corrected chi connectivity index (χ1v) is 8.85. The summed E-state index contributed by atoms with van der Waals surface area (Å²) in [5.74, 6) is 0. The van der Waals surface area contributed by atoms with Crippen LogP contribution in [0.2, 0.25) is 0 Å². The van der Waals surface area contributed by atoms with Crippen LogP contribution in [0.1, 0.15) is 45.2 Å². The molecule has 0 aliphatic heterocycles. The molecular formula is C22H32N2. The number of nitrogens with zero attached hydrogens (tertiary/aromatic N) is 1. The summed E-state index contributed by atoms with van der Waals surface area (Å²) in [5, 5.41) is 0. The highest BCUT2D eigenvalue weighted by molar-refractivity contribution is 5.18. The van der Waals surface area contributed by atoms with Crippen molar-refractivity contribution in [1.29, 1.82) is 0 Å². The lowest BCUT2D eigenvalue weighted by Crippen LogP contribution is -2.52. The summed E-state index contributed by atoms with van der Waals surface area (Å²) in [6.07, 6.45) is 1.07. The minimum absolute atomic E-state index is 0.0378. The largest absolute Gasteiger partial charge is 0.329 e. The van der Waals surface area contributed by atoms with Gasteiger partial charge in [-0.1, -0.05) is 81.4 Å². The highest BCUT2D eigenvalue weighted by Crippen LogP contribution is 2.33. The molecule has 1 unspecified atom stereocenters. The van der Waals surface area contributed by atoms with Gasteiger partial charge < -0.3 is 5.73 Å². The zero-order valence-electron chi connectivity index (χ0n) is 15.6. The van der Waals surface area contributed by atoms with Crippen LogP contribution in [0.4, 0.5) is 0 Å². The van der Waals surface area contributed by atoms with Crippen molar-refractivity contribution in [2.24, 2.45) is 11.1 Å². The van der Waals surface area contributed by atoms with Crippen LogP contribution in [-0.2, 0) is 13.1 Å². The topological polar surface area (TPSA) is 29.3 Å². The molecule has 2 nitrogen and oxygen atoms in total. The molecule has 0 bridgehead atoms. The van der Waals surface area contributed by atoms with Gasteiger partial charge in [0, 0.05) is 25.2 Å². The van der Waals surface area contributed by atoms with Gasteiger partial charge in [-0.05, 0) is 29.9 Å². The minimum atomic E-state index is -0.0378. The number of hydrogen-bond donors (Lipinski definition) is 1. The van der Waals surface area contributed by atoms with Crippen molar-refractivity contribution in [3.63, 3.8) is 0 Å². The fourth-order valence-electron chi connectivity index (χ4n) is 3.50. The van der Waals surface area contributed by atoms with E-state index in [1.165, 1.54) is 11.1 Å². The molecule has 0 fully saturated rings. The van der Waals surface area contributed by atoms with E-state index >= 15 is 0 Å². The molecule has 2 aromatic carbocycles. The molecule has 0 heterocycles. The van der Waals surface area contributed by atoms with E-state index in [2.05, 4.69) is 93.3 Å². The SMILES string of the molecule is CC(C)(C)CC(C)(CN)N(Cc1ccccc1)Cc1ccccc1. The van der Waals surface area contributed by atoms with Crippen molar-refractivity contribution in [3.8, 4) is 0 Å². The monoisotopic (exact) mass is 324 g/mol. The summed E-state index contributed by atoms with van der Waals surface area (Å²) >= 11 is 0. The quantitative estimate of drug-likeness (QED) is 0.789. The Morgan fingerprint density at radius 1 is 0.750 bits per heavy atom. The summed E-state index contributed by atoms with van der Waals surface area (Å²) in [6.45, 7) is 11.7. The molecule has 2 aromatic rings. The van der Waals surface area contributed by atoms with Crippen LogP contribution in [-0.4, -0.2) is 17.0 Å². The predicted octanol–water partition coefficient (Wildman–Crippen LogP) is 4.84. The van der Waals surface area contributed by atoms with Crippen molar-refractivity contribution < 1.29 is 0 Å². The number of nitrogens with two attached hydrogens (primary N) is 1. The van der Waals surface area contributed by atoms with Gasteiger partial charge in [-0.25, -0.2) is 0 Å². The smallest absolute Gasteiger partial charge is 0.0315 e. The van der Waals surface area contributed by atoms with Crippen molar-refractivity contribution in [2.75, 3.05) is 6.54 Å². The van der Waals surface area contributed by atoms with Crippen LogP contribution >= 0.6 is 0 Å². The Balaban J connectivity index is 2.29. The van der Waals surface area contributed by atoms with Crippen molar-refractivity contribution in [1.82, 2.24) is 4.90 Å². The molecule has 0 aliphatic rings. The molecule has 0 saturated carbocycles. The van der Waals surface area contributed by atoms with Crippen LogP contribution in [0.15, 0.2) is 60.7 Å². The van der Waals surface area contributed by atoms with Gasteiger partial charge in [-0.15, -0.1) is 0 Å². The van der Waals surface area contributed by atoms with E-state index in [1.807, 2.05) is 0 Å². The van der Waals surface area contributed by atoms with E-state index in [0.717, 1.165) is 19.5 Å². The second kappa shape index (κ2) is 7.96. The molecule has 0 aromatic heterocycles. The van der Waals surface area contributed by atoms with E-state index in [4.69, 9.17) is 5.73 Å². The lowest BCUT2D eigenvalue weighted by Gasteiger charge is -2.44. The number of benzene rings is 2. The first kappa shape index (κ1) is 18.7. The molecule has 2 heteroatoms. The van der Waals surface area contributed by atoms with E-state index in [0.29, 0.717) is 6.54 Å². The van der Waals surface area contributed by atoms with Crippen LogP contribution < -0.4 is 5.73 Å². The molecule has 2 rings (SSSR count). The van der Waals surface area contributed by atoms with E-state index in [9.17, 15) is 0 Å². The Morgan fingerprint density at radius 2 is 1.17 bits per heavy atom. The third-order valence-corrected chi connectivity index (χ3v) is 4.55. The van der Waals surface area contributed by atoms with Crippen LogP contribution in [0.3, 0.4) is 0 Å². The lowest BCUT2D eigenvalue weighted by atomic mass is 9.79. The standard InChI is InChI=1S/C22H32N2/c1-21(2,3)17-22(4,18-23)24(15-19-11-7-5-8-12-19)16-20-13-9-6-10-14-20/h5-14H,15-18,23H2,1-4H3. The predicted molar refractivity (Wildman–Crippen MR) is 104 cm³/mol. The Labute approximate surface area is 147 Å². The van der Waals surface area contributed by atoms with E-state index in [1.54, 1.807) is 0 Å². The fourth-order valence-corrected chi connectivity index (χ4v) is 3.50. The molecule has 0 saturated heterocycles. The second-order valence-electron chi connectivity index (χ2n) is 8.27. The van der Waals surface area contributed by atoms with E-state index in [-0.39, 0.29) is 11.0 Å². The van der Waals surface area contributed by atoms with Gasteiger partial charge in [0.05, 0.1) is 0 Å². The third kappa shape index (κ3) is 5.47. The highest BCUT2D eigenvalue weighted by Gasteiger charge is 2.34. The Bertz CT molecular complexity index is 559. The molecule has 2 N–H and O–H groups in total. The fraction of sp³-hybridized carbons (Fsp3) is 0.455. The summed E-state index contributed by atoms with van der Waals surface area (Å²) in [7, 11) is 0. The highest BCUT2D eigenvalue weighted by atomic mass is 15.2. The van der Waals surface area contributed by atoms with Gasteiger partial charge in [0.1, 0.15) is 0 Å². The second-order valence-corrected chi connectivity index (χ2v) is 8.27. The van der Waals surface area contributed by atoms with Gasteiger partial charge in [-0.3, -0.25) is 4.90 Å². The first-order chi connectivity index (χ1) is 11.3. The zero-order chi connectivity index (χ0) is 17.6. The van der Waals surface area contributed by atoms with Gasteiger partial charge >= 0.3 is 0 Å². The molecular weight excluding hydrogens is 292 g/mol. The van der Waals surface area contributed by atoms with Crippen LogP contribution in [0.25, 0.3) is 0 Å². The third-order valence-electron chi connectivity index (χ3n) is 4.55. The normalized spacial score (nSPS) is 14.6. The van der Waals surface area contributed by atoms with Gasteiger partial charge in [0.15, 0.2) is 0 Å². The maximum Gasteiger partial charge on any atom is 0.0315 e. The lowest BCUT2D eigenvalue weighted by molar-refractivity contribution is 0.0537. The summed E-state index contributed by atoms with van der Waals surface area (Å²) < 4.78 is 0. The molecule has 24 heavy (non-hydrogen) atoms.